The molecule has 1 fully saturated rings. The number of urea groups is 1. The highest BCUT2D eigenvalue weighted by atomic mass is 16.5. The summed E-state index contributed by atoms with van der Waals surface area (Å²) in [6, 6.07) is -0.670. The first-order valence-electron chi connectivity index (χ1n) is 7.42. The average molecular weight is 338 g/mol. The Morgan fingerprint density at radius 1 is 1.62 bits per heavy atom. The molecule has 0 aliphatic carbocycles. The number of nitrogen functional groups attached to an aromatic ring is 1. The SMILES string of the molecule is C[C@H]1O[C@@H](n2c[n+](C)c3c(=O)[nH]c(N)nc32)[C@H](O)[C@@H]1CNC(N)=O. The molecule has 0 saturated carbocycles. The predicted molar refractivity (Wildman–Crippen MR) is 82.6 cm³/mol. The zero-order chi connectivity index (χ0) is 17.6. The van der Waals surface area contributed by atoms with Crippen LogP contribution in [0, 0.1) is 5.92 Å². The number of nitrogens with one attached hydrogen (secondary N) is 2. The normalized spacial score (nSPS) is 26.8. The predicted octanol–water partition coefficient (Wildman–Crippen LogP) is -2.31. The minimum atomic E-state index is -0.926. The Morgan fingerprint density at radius 3 is 3.00 bits per heavy atom. The van der Waals surface area contributed by atoms with Gasteiger partial charge in [0.2, 0.25) is 18.5 Å². The smallest absolute Gasteiger partial charge is 0.312 e. The van der Waals surface area contributed by atoms with Crippen molar-refractivity contribution in [3.63, 3.8) is 0 Å². The van der Waals surface area contributed by atoms with Crippen LogP contribution in [-0.2, 0) is 11.8 Å². The molecule has 3 rings (SSSR count). The Balaban J connectivity index is 1.99. The number of hydrogen-bond donors (Lipinski definition) is 5. The van der Waals surface area contributed by atoms with Crippen molar-refractivity contribution in [1.82, 2.24) is 19.9 Å². The fourth-order valence-electron chi connectivity index (χ4n) is 3.08. The molecule has 1 saturated heterocycles. The summed E-state index contributed by atoms with van der Waals surface area (Å²) in [4.78, 5) is 29.5. The Kier molecular flexibility index (Phi) is 3.89. The molecule has 0 bridgehead atoms. The van der Waals surface area contributed by atoms with Gasteiger partial charge >= 0.3 is 11.6 Å². The van der Waals surface area contributed by atoms with Gasteiger partial charge in [-0.05, 0) is 6.92 Å². The number of aryl methyl sites for hydroxylation is 1. The number of imidazole rings is 1. The Morgan fingerprint density at radius 2 is 2.33 bits per heavy atom. The zero-order valence-corrected chi connectivity index (χ0v) is 13.3. The van der Waals surface area contributed by atoms with Crippen molar-refractivity contribution in [3.8, 4) is 0 Å². The molecule has 4 atom stereocenters. The molecule has 1 aliphatic heterocycles. The fraction of sp³-hybridized carbons (Fsp3) is 0.538. The van der Waals surface area contributed by atoms with E-state index in [2.05, 4.69) is 15.3 Å². The number of nitrogens with two attached hydrogens (primary N) is 2. The number of fused-ring (bicyclic) bond motifs is 1. The highest BCUT2D eigenvalue weighted by Crippen LogP contribution is 2.34. The Bertz CT molecular complexity index is 845. The van der Waals surface area contributed by atoms with Gasteiger partial charge in [0.25, 0.3) is 11.2 Å². The van der Waals surface area contributed by atoms with Crippen molar-refractivity contribution in [3.05, 3.63) is 16.7 Å². The second-order valence-corrected chi connectivity index (χ2v) is 5.89. The molecule has 2 aromatic rings. The highest BCUT2D eigenvalue weighted by Gasteiger charge is 2.46. The van der Waals surface area contributed by atoms with Crippen molar-refractivity contribution in [2.75, 3.05) is 12.3 Å². The minimum Gasteiger partial charge on any atom is -0.386 e. The maximum Gasteiger partial charge on any atom is 0.312 e. The van der Waals surface area contributed by atoms with Crippen LogP contribution in [0.15, 0.2) is 11.1 Å². The topological polar surface area (TPSA) is 165 Å². The molecule has 11 heteroatoms. The van der Waals surface area contributed by atoms with Crippen molar-refractivity contribution in [2.45, 2.75) is 25.4 Å². The van der Waals surface area contributed by atoms with Crippen molar-refractivity contribution < 1.29 is 19.2 Å². The Labute approximate surface area is 136 Å². The third-order valence-electron chi connectivity index (χ3n) is 4.26. The summed E-state index contributed by atoms with van der Waals surface area (Å²) < 4.78 is 8.96. The number of anilines is 1. The maximum absolute atomic E-state index is 12.1. The number of primary amides is 1. The van der Waals surface area contributed by atoms with Gasteiger partial charge in [0.1, 0.15) is 6.10 Å². The monoisotopic (exact) mass is 338 g/mol. The van der Waals surface area contributed by atoms with Gasteiger partial charge in [-0.3, -0.25) is 9.78 Å². The number of aromatic nitrogens is 4. The lowest BCUT2D eigenvalue weighted by Gasteiger charge is -2.16. The number of H-pyrrole nitrogens is 1. The van der Waals surface area contributed by atoms with E-state index in [1.165, 1.54) is 0 Å². The number of aliphatic hydroxyl groups excluding tert-OH is 1. The van der Waals surface area contributed by atoms with E-state index in [0.717, 1.165) is 0 Å². The minimum absolute atomic E-state index is 0.0278. The standard InChI is InChI=1S/C13H19N7O4/c1-5-6(3-16-13(15)23)8(21)11(24-5)20-4-19(2)7-9(20)17-12(14)18-10(7)22/h4-6,8,11,21H,3H2,1-2H3,(H5-,14,15,16,17,18,22,23)/p+1/t5-,6-,8-,11-/m1/s1. The highest BCUT2D eigenvalue weighted by molar-refractivity contribution is 5.71. The summed E-state index contributed by atoms with van der Waals surface area (Å²) in [7, 11) is 1.68. The van der Waals surface area contributed by atoms with Crippen molar-refractivity contribution in [2.24, 2.45) is 18.7 Å². The molecule has 3 heterocycles. The van der Waals surface area contributed by atoms with Gasteiger partial charge in [0.05, 0.1) is 13.2 Å². The van der Waals surface area contributed by atoms with E-state index in [1.807, 2.05) is 0 Å². The number of carbonyl (C=O) groups is 1. The van der Waals surface area contributed by atoms with E-state index in [4.69, 9.17) is 16.2 Å². The number of ether oxygens (including phenoxy) is 1. The maximum atomic E-state index is 12.1. The van der Waals surface area contributed by atoms with Gasteiger partial charge in [0, 0.05) is 12.5 Å². The van der Waals surface area contributed by atoms with Crippen LogP contribution in [0.3, 0.4) is 0 Å². The summed E-state index contributed by atoms with van der Waals surface area (Å²) in [5, 5.41) is 13.1. The molecule has 0 radical (unpaired) electrons. The van der Waals surface area contributed by atoms with Crippen LogP contribution in [-0.4, -0.2) is 44.4 Å². The van der Waals surface area contributed by atoms with Gasteiger partial charge in [-0.25, -0.2) is 9.36 Å². The summed E-state index contributed by atoms with van der Waals surface area (Å²) >= 11 is 0. The summed E-state index contributed by atoms with van der Waals surface area (Å²) in [6.45, 7) is 1.96. The van der Waals surface area contributed by atoms with E-state index in [0.29, 0.717) is 11.2 Å². The molecule has 11 nitrogen and oxygen atoms in total. The van der Waals surface area contributed by atoms with Crippen LogP contribution in [0.5, 0.6) is 0 Å². The summed E-state index contributed by atoms with van der Waals surface area (Å²) in [5.74, 6) is -0.385. The number of rotatable bonds is 3. The number of aliphatic hydroxyl groups is 1. The first kappa shape index (κ1) is 16.2. The van der Waals surface area contributed by atoms with Crippen LogP contribution in [0.25, 0.3) is 11.2 Å². The molecular weight excluding hydrogens is 318 g/mol. The van der Waals surface area contributed by atoms with Crippen LogP contribution in [0.1, 0.15) is 13.2 Å². The lowest BCUT2D eigenvalue weighted by atomic mass is 9.99. The van der Waals surface area contributed by atoms with Gasteiger partial charge < -0.3 is 26.6 Å². The number of amides is 2. The molecule has 0 spiro atoms. The third-order valence-corrected chi connectivity index (χ3v) is 4.26. The zero-order valence-electron chi connectivity index (χ0n) is 13.3. The number of carbonyl (C=O) groups excluding carboxylic acids is 1. The molecule has 1 aliphatic rings. The quantitative estimate of drug-likeness (QED) is 0.395. The molecule has 0 aromatic carbocycles. The van der Waals surface area contributed by atoms with Crippen LogP contribution >= 0.6 is 0 Å². The second kappa shape index (κ2) is 5.76. The molecular formula is C13H20N7O4+. The molecule has 2 aromatic heterocycles. The number of aromatic amines is 1. The molecule has 24 heavy (non-hydrogen) atoms. The van der Waals surface area contributed by atoms with E-state index < -0.39 is 18.4 Å². The van der Waals surface area contributed by atoms with Crippen LogP contribution in [0.4, 0.5) is 10.7 Å². The van der Waals surface area contributed by atoms with E-state index in [-0.39, 0.29) is 30.1 Å². The van der Waals surface area contributed by atoms with E-state index in [1.54, 1.807) is 29.4 Å². The first-order valence-corrected chi connectivity index (χ1v) is 7.42. The van der Waals surface area contributed by atoms with Gasteiger partial charge in [0.15, 0.2) is 0 Å². The van der Waals surface area contributed by atoms with E-state index >= 15 is 0 Å². The molecule has 130 valence electrons. The average Bonchev–Trinajstić information content (AvgIpc) is 2.94. The van der Waals surface area contributed by atoms with Gasteiger partial charge in [-0.2, -0.15) is 9.55 Å². The molecule has 7 N–H and O–H groups in total. The molecule has 0 unspecified atom stereocenters. The van der Waals surface area contributed by atoms with Crippen LogP contribution in [0.2, 0.25) is 0 Å². The third kappa shape index (κ3) is 2.57. The number of hydrogen-bond acceptors (Lipinski definition) is 6. The summed E-state index contributed by atoms with van der Waals surface area (Å²) in [6.07, 6.45) is -0.419. The summed E-state index contributed by atoms with van der Waals surface area (Å²) in [5.41, 5.74) is 10.9. The van der Waals surface area contributed by atoms with Crippen molar-refractivity contribution >= 4 is 23.1 Å². The second-order valence-electron chi connectivity index (χ2n) is 5.89. The largest absolute Gasteiger partial charge is 0.386 e. The van der Waals surface area contributed by atoms with Crippen LogP contribution < -0.4 is 26.9 Å². The van der Waals surface area contributed by atoms with Crippen molar-refractivity contribution in [1.29, 1.82) is 0 Å². The molecule has 2 amide bonds. The lowest BCUT2D eigenvalue weighted by Crippen LogP contribution is -2.39. The van der Waals surface area contributed by atoms with E-state index in [9.17, 15) is 14.7 Å². The Hall–Kier alpha value is -2.66. The first-order chi connectivity index (χ1) is 11.3. The fourth-order valence-corrected chi connectivity index (χ4v) is 3.08. The number of nitrogens with zero attached hydrogens (tertiary/aromatic N) is 3. The van der Waals surface area contributed by atoms with Gasteiger partial charge in [-0.1, -0.05) is 0 Å². The lowest BCUT2D eigenvalue weighted by molar-refractivity contribution is -0.646. The van der Waals surface area contributed by atoms with Gasteiger partial charge in [-0.15, -0.1) is 0 Å².